The number of aliphatic imine (C=N–C) groups is 1. The molecule has 0 bridgehead atoms. The Morgan fingerprint density at radius 3 is 2.71 bits per heavy atom. The molecule has 2 unspecified atom stereocenters. The lowest BCUT2D eigenvalue weighted by atomic mass is 10.0. The van der Waals surface area contributed by atoms with E-state index >= 15 is 0 Å². The molecule has 1 saturated heterocycles. The largest absolute Gasteiger partial charge is 0.353 e. The summed E-state index contributed by atoms with van der Waals surface area (Å²) in [6.07, 6.45) is 6.55. The van der Waals surface area contributed by atoms with Crippen molar-refractivity contribution >= 4 is 29.9 Å². The molecule has 1 aliphatic carbocycles. The van der Waals surface area contributed by atoms with Crippen LogP contribution in [0.4, 0.5) is 0 Å². The van der Waals surface area contributed by atoms with Gasteiger partial charge in [-0.25, -0.2) is 0 Å². The first kappa shape index (κ1) is 16.6. The average Bonchev–Trinajstić information content (AvgIpc) is 2.81. The van der Waals surface area contributed by atoms with Gasteiger partial charge < -0.3 is 10.2 Å². The van der Waals surface area contributed by atoms with Crippen LogP contribution in [0.1, 0.15) is 38.2 Å². The highest BCUT2D eigenvalue weighted by atomic mass is 127. The van der Waals surface area contributed by atoms with Crippen molar-refractivity contribution in [2.45, 2.75) is 38.6 Å². The van der Waals surface area contributed by atoms with Crippen molar-refractivity contribution in [3.63, 3.8) is 0 Å². The summed E-state index contributed by atoms with van der Waals surface area (Å²) in [5.41, 5.74) is 1.77. The van der Waals surface area contributed by atoms with Crippen LogP contribution in [0.3, 0.4) is 0 Å². The number of halogens is 1. The fourth-order valence-electron chi connectivity index (χ4n) is 3.04. The number of guanidine groups is 1. The van der Waals surface area contributed by atoms with Gasteiger partial charge in [0.05, 0.1) is 6.20 Å². The van der Waals surface area contributed by atoms with E-state index in [2.05, 4.69) is 40.4 Å². The number of nitrogens with one attached hydrogen (secondary N) is 1. The summed E-state index contributed by atoms with van der Waals surface area (Å²) in [4.78, 5) is 6.84. The zero-order valence-corrected chi connectivity index (χ0v) is 15.7. The summed E-state index contributed by atoms with van der Waals surface area (Å²) in [5.74, 6) is 1.64. The molecule has 0 radical (unpaired) electrons. The summed E-state index contributed by atoms with van der Waals surface area (Å²) in [6.45, 7) is 6.73. The van der Waals surface area contributed by atoms with Gasteiger partial charge in [0, 0.05) is 45.3 Å². The number of hydrogen-bond donors (Lipinski definition) is 1. The van der Waals surface area contributed by atoms with E-state index in [0.717, 1.165) is 19.0 Å². The summed E-state index contributed by atoms with van der Waals surface area (Å²) in [5, 5.41) is 7.89. The molecular weight excluding hydrogens is 377 g/mol. The van der Waals surface area contributed by atoms with E-state index < -0.39 is 0 Å². The minimum Gasteiger partial charge on any atom is -0.353 e. The van der Waals surface area contributed by atoms with Crippen LogP contribution in [0, 0.1) is 5.41 Å². The smallest absolute Gasteiger partial charge is 0.193 e. The molecule has 0 spiro atoms. The van der Waals surface area contributed by atoms with Crippen LogP contribution < -0.4 is 5.32 Å². The summed E-state index contributed by atoms with van der Waals surface area (Å²) < 4.78 is 1.89. The lowest BCUT2D eigenvalue weighted by molar-refractivity contribution is 0.475. The van der Waals surface area contributed by atoms with Crippen molar-refractivity contribution in [3.8, 4) is 0 Å². The van der Waals surface area contributed by atoms with Gasteiger partial charge in [0.1, 0.15) is 0 Å². The molecule has 5 nitrogen and oxygen atoms in total. The van der Waals surface area contributed by atoms with Crippen LogP contribution in [0.25, 0.3) is 0 Å². The Labute approximate surface area is 144 Å². The fourth-order valence-corrected chi connectivity index (χ4v) is 3.04. The minimum absolute atomic E-state index is 0. The Kier molecular flexibility index (Phi) is 4.85. The normalized spacial score (nSPS) is 27.4. The van der Waals surface area contributed by atoms with Gasteiger partial charge in [-0.3, -0.25) is 9.67 Å². The maximum absolute atomic E-state index is 4.46. The molecule has 2 fully saturated rings. The van der Waals surface area contributed by atoms with Crippen molar-refractivity contribution in [1.29, 1.82) is 0 Å². The number of rotatable bonds is 2. The van der Waals surface area contributed by atoms with Gasteiger partial charge in [-0.1, -0.05) is 13.8 Å². The zero-order valence-electron chi connectivity index (χ0n) is 13.3. The van der Waals surface area contributed by atoms with Crippen molar-refractivity contribution in [2.24, 2.45) is 17.5 Å². The molecule has 1 N–H and O–H groups in total. The van der Waals surface area contributed by atoms with E-state index in [1.54, 1.807) is 0 Å². The Bertz CT molecular complexity index is 522. The summed E-state index contributed by atoms with van der Waals surface area (Å²) >= 11 is 0. The molecule has 3 rings (SSSR count). The van der Waals surface area contributed by atoms with E-state index in [1.165, 1.54) is 18.4 Å². The van der Waals surface area contributed by atoms with Gasteiger partial charge in [0.15, 0.2) is 5.96 Å². The van der Waals surface area contributed by atoms with Gasteiger partial charge in [-0.15, -0.1) is 24.0 Å². The molecule has 21 heavy (non-hydrogen) atoms. The Hall–Kier alpha value is -0.790. The van der Waals surface area contributed by atoms with E-state index in [4.69, 9.17) is 0 Å². The van der Waals surface area contributed by atoms with Crippen LogP contribution in [0.15, 0.2) is 17.4 Å². The van der Waals surface area contributed by atoms with E-state index in [-0.39, 0.29) is 24.0 Å². The first-order valence-electron chi connectivity index (χ1n) is 7.46. The fraction of sp³-hybridized carbons (Fsp3) is 0.733. The monoisotopic (exact) mass is 403 g/mol. The number of nitrogens with zero attached hydrogens (tertiary/aromatic N) is 4. The zero-order chi connectivity index (χ0) is 14.3. The molecule has 1 saturated carbocycles. The standard InChI is InChI=1S/C15H25N5.HI/c1-15(2)7-13(15)18-14(16-3)20-6-5-11(10-20)12-8-17-19(4)9-12;/h8-9,11,13H,5-7,10H2,1-4H3,(H,16,18);1H. The molecular formula is C15H26IN5. The first-order valence-corrected chi connectivity index (χ1v) is 7.46. The Morgan fingerprint density at radius 2 is 2.19 bits per heavy atom. The van der Waals surface area contributed by atoms with Gasteiger partial charge in [-0.05, 0) is 23.8 Å². The van der Waals surface area contributed by atoms with Crippen LogP contribution in [-0.2, 0) is 7.05 Å². The third-order valence-electron chi connectivity index (χ3n) is 4.71. The molecule has 1 aromatic rings. The Morgan fingerprint density at radius 1 is 1.48 bits per heavy atom. The summed E-state index contributed by atoms with van der Waals surface area (Å²) in [6, 6.07) is 0.582. The predicted octanol–water partition coefficient (Wildman–Crippen LogP) is 2.20. The topological polar surface area (TPSA) is 45.5 Å². The highest BCUT2D eigenvalue weighted by molar-refractivity contribution is 14.0. The van der Waals surface area contributed by atoms with Gasteiger partial charge in [-0.2, -0.15) is 5.10 Å². The molecule has 118 valence electrons. The number of aromatic nitrogens is 2. The van der Waals surface area contributed by atoms with Gasteiger partial charge in [0.2, 0.25) is 0 Å². The second-order valence-electron chi connectivity index (χ2n) is 6.82. The van der Waals surface area contributed by atoms with Crippen molar-refractivity contribution in [1.82, 2.24) is 20.0 Å². The quantitative estimate of drug-likeness (QED) is 0.468. The molecule has 2 atom stereocenters. The number of likely N-dealkylation sites (tertiary alicyclic amines) is 1. The molecule has 0 aromatic carbocycles. The van der Waals surface area contributed by atoms with Crippen LogP contribution in [0.5, 0.6) is 0 Å². The van der Waals surface area contributed by atoms with Crippen LogP contribution in [-0.4, -0.2) is 46.8 Å². The van der Waals surface area contributed by atoms with E-state index in [1.807, 2.05) is 25.0 Å². The van der Waals surface area contributed by atoms with Crippen LogP contribution in [0.2, 0.25) is 0 Å². The lowest BCUT2D eigenvalue weighted by Gasteiger charge is -2.22. The molecule has 1 aliphatic heterocycles. The predicted molar refractivity (Wildman–Crippen MR) is 96.2 cm³/mol. The maximum Gasteiger partial charge on any atom is 0.193 e. The average molecular weight is 403 g/mol. The third kappa shape index (κ3) is 3.52. The molecule has 6 heteroatoms. The highest BCUT2D eigenvalue weighted by Gasteiger charge is 2.46. The van der Waals surface area contributed by atoms with Crippen molar-refractivity contribution < 1.29 is 0 Å². The maximum atomic E-state index is 4.46. The second-order valence-corrected chi connectivity index (χ2v) is 6.82. The number of hydrogen-bond acceptors (Lipinski definition) is 2. The molecule has 2 heterocycles. The van der Waals surface area contributed by atoms with E-state index in [0.29, 0.717) is 17.4 Å². The van der Waals surface area contributed by atoms with Crippen LogP contribution >= 0.6 is 24.0 Å². The minimum atomic E-state index is 0. The molecule has 0 amide bonds. The van der Waals surface area contributed by atoms with Gasteiger partial charge in [0.25, 0.3) is 0 Å². The molecule has 1 aromatic heterocycles. The summed E-state index contributed by atoms with van der Waals surface area (Å²) in [7, 11) is 3.86. The Balaban J connectivity index is 0.00000161. The third-order valence-corrected chi connectivity index (χ3v) is 4.71. The lowest BCUT2D eigenvalue weighted by Crippen LogP contribution is -2.42. The van der Waals surface area contributed by atoms with Crippen molar-refractivity contribution in [3.05, 3.63) is 18.0 Å². The van der Waals surface area contributed by atoms with E-state index in [9.17, 15) is 0 Å². The SMILES string of the molecule is CN=C(NC1CC1(C)C)N1CCC(c2cnn(C)c2)C1.I. The van der Waals surface area contributed by atoms with Crippen molar-refractivity contribution in [2.75, 3.05) is 20.1 Å². The molecule has 2 aliphatic rings. The van der Waals surface area contributed by atoms with Gasteiger partial charge >= 0.3 is 0 Å². The number of aryl methyl sites for hydroxylation is 1. The highest BCUT2D eigenvalue weighted by Crippen LogP contribution is 2.44. The second kappa shape index (κ2) is 6.14. The first-order chi connectivity index (χ1) is 9.49.